The average molecular weight is 513 g/mol. The predicted octanol–water partition coefficient (Wildman–Crippen LogP) is 6.79. The standard InChI is InChI=1S/C28H21BrN2O3/c1-3-13-33-24-11-9-19(14-18(24)2)27-20(17-31(30-27)22-7-5-4-6-8-22)15-26-28(32)23-16-21(29)10-12-25(23)34-26/h3-12,14-17H,1,13H2,2H3/b26-15-. The minimum atomic E-state index is -0.154. The molecule has 0 saturated carbocycles. The Morgan fingerprint density at radius 1 is 1.12 bits per heavy atom. The van der Waals surface area contributed by atoms with E-state index < -0.39 is 0 Å². The number of carbonyl (C=O) groups excluding carboxylic acids is 1. The van der Waals surface area contributed by atoms with Crippen LogP contribution in [0.4, 0.5) is 0 Å². The Kier molecular flexibility index (Phi) is 5.90. The summed E-state index contributed by atoms with van der Waals surface area (Å²) >= 11 is 3.42. The minimum absolute atomic E-state index is 0.154. The monoisotopic (exact) mass is 512 g/mol. The van der Waals surface area contributed by atoms with Crippen LogP contribution in [0.3, 0.4) is 0 Å². The van der Waals surface area contributed by atoms with Crippen molar-refractivity contribution < 1.29 is 14.3 Å². The maximum Gasteiger partial charge on any atom is 0.232 e. The first-order chi connectivity index (χ1) is 16.5. The number of halogens is 1. The molecule has 0 unspecified atom stereocenters. The number of rotatable bonds is 6. The fraction of sp³-hybridized carbons (Fsp3) is 0.0714. The summed E-state index contributed by atoms with van der Waals surface area (Å²) in [5.41, 5.74) is 4.87. The van der Waals surface area contributed by atoms with Crippen molar-refractivity contribution in [2.75, 3.05) is 6.61 Å². The van der Waals surface area contributed by atoms with Crippen molar-refractivity contribution >= 4 is 27.8 Å². The van der Waals surface area contributed by atoms with E-state index in [4.69, 9.17) is 14.6 Å². The predicted molar refractivity (Wildman–Crippen MR) is 137 cm³/mol. The van der Waals surface area contributed by atoms with Gasteiger partial charge in [0.2, 0.25) is 5.78 Å². The van der Waals surface area contributed by atoms with Crippen molar-refractivity contribution in [2.24, 2.45) is 0 Å². The molecular formula is C28H21BrN2O3. The summed E-state index contributed by atoms with van der Waals surface area (Å²) in [6.45, 7) is 6.14. The van der Waals surface area contributed by atoms with Crippen molar-refractivity contribution in [2.45, 2.75) is 6.92 Å². The summed E-state index contributed by atoms with van der Waals surface area (Å²) < 4.78 is 14.3. The van der Waals surface area contributed by atoms with Gasteiger partial charge in [-0.15, -0.1) is 0 Å². The molecule has 1 aromatic heterocycles. The van der Waals surface area contributed by atoms with E-state index in [0.717, 1.165) is 38.3 Å². The Labute approximate surface area is 206 Å². The summed E-state index contributed by atoms with van der Waals surface area (Å²) in [7, 11) is 0. The lowest BCUT2D eigenvalue weighted by molar-refractivity contribution is 0.101. The number of benzene rings is 3. The van der Waals surface area contributed by atoms with Crippen LogP contribution in [-0.2, 0) is 0 Å². The lowest BCUT2D eigenvalue weighted by Crippen LogP contribution is -1.98. The second-order valence-electron chi connectivity index (χ2n) is 7.87. The van der Waals surface area contributed by atoms with Gasteiger partial charge in [-0.2, -0.15) is 5.10 Å². The quantitative estimate of drug-likeness (QED) is 0.210. The Hall–Kier alpha value is -3.90. The van der Waals surface area contributed by atoms with Crippen LogP contribution in [0.25, 0.3) is 23.0 Å². The lowest BCUT2D eigenvalue weighted by Gasteiger charge is -2.09. The van der Waals surface area contributed by atoms with Crippen LogP contribution >= 0.6 is 15.9 Å². The zero-order valence-electron chi connectivity index (χ0n) is 18.5. The molecule has 0 amide bonds. The van der Waals surface area contributed by atoms with Crippen molar-refractivity contribution in [3.63, 3.8) is 0 Å². The molecule has 0 atom stereocenters. The van der Waals surface area contributed by atoms with E-state index in [1.807, 2.05) is 72.4 Å². The largest absolute Gasteiger partial charge is 0.489 e. The number of carbonyl (C=O) groups is 1. The third-order valence-corrected chi connectivity index (χ3v) is 5.98. The third-order valence-electron chi connectivity index (χ3n) is 5.48. The number of ether oxygens (including phenoxy) is 2. The smallest absolute Gasteiger partial charge is 0.232 e. The van der Waals surface area contributed by atoms with Gasteiger partial charge in [-0.25, -0.2) is 4.68 Å². The number of allylic oxidation sites excluding steroid dienone is 1. The molecule has 4 aromatic rings. The summed E-state index contributed by atoms with van der Waals surface area (Å²) in [6, 6.07) is 21.2. The van der Waals surface area contributed by atoms with Crippen LogP contribution < -0.4 is 9.47 Å². The summed E-state index contributed by atoms with van der Waals surface area (Å²) in [6.07, 6.45) is 5.38. The topological polar surface area (TPSA) is 53.4 Å². The molecule has 5 nitrogen and oxygen atoms in total. The first-order valence-corrected chi connectivity index (χ1v) is 11.6. The highest BCUT2D eigenvalue weighted by Crippen LogP contribution is 2.35. The van der Waals surface area contributed by atoms with Gasteiger partial charge in [-0.3, -0.25) is 4.79 Å². The van der Waals surface area contributed by atoms with Crippen molar-refractivity contribution in [3.05, 3.63) is 113 Å². The zero-order valence-corrected chi connectivity index (χ0v) is 20.1. The first-order valence-electron chi connectivity index (χ1n) is 10.8. The van der Waals surface area contributed by atoms with Gasteiger partial charge in [0, 0.05) is 21.8 Å². The molecule has 1 aliphatic heterocycles. The van der Waals surface area contributed by atoms with E-state index in [9.17, 15) is 4.79 Å². The maximum absolute atomic E-state index is 13.0. The fourth-order valence-electron chi connectivity index (χ4n) is 3.84. The number of fused-ring (bicyclic) bond motifs is 1. The van der Waals surface area contributed by atoms with E-state index in [-0.39, 0.29) is 11.5 Å². The second kappa shape index (κ2) is 9.15. The van der Waals surface area contributed by atoms with E-state index in [2.05, 4.69) is 22.5 Å². The van der Waals surface area contributed by atoms with Gasteiger partial charge < -0.3 is 9.47 Å². The third kappa shape index (κ3) is 4.20. The molecule has 2 heterocycles. The molecule has 0 spiro atoms. The molecule has 3 aromatic carbocycles. The molecule has 0 radical (unpaired) electrons. The van der Waals surface area contributed by atoms with Crippen molar-refractivity contribution in [1.29, 1.82) is 0 Å². The van der Waals surface area contributed by atoms with Crippen molar-refractivity contribution in [1.82, 2.24) is 9.78 Å². The number of aromatic nitrogens is 2. The lowest BCUT2D eigenvalue weighted by atomic mass is 10.0. The van der Waals surface area contributed by atoms with Gasteiger partial charge in [0.15, 0.2) is 5.76 Å². The SMILES string of the molecule is C=CCOc1ccc(-c2nn(-c3ccccc3)cc2/C=C2\Oc3ccc(Br)cc3C2=O)cc1C. The highest BCUT2D eigenvalue weighted by atomic mass is 79.9. The number of hydrogen-bond acceptors (Lipinski definition) is 4. The van der Waals surface area contributed by atoms with Gasteiger partial charge in [-0.1, -0.05) is 46.8 Å². The summed E-state index contributed by atoms with van der Waals surface area (Å²) in [5.74, 6) is 1.46. The Bertz CT molecular complexity index is 1440. The fourth-order valence-corrected chi connectivity index (χ4v) is 4.20. The molecular weight excluding hydrogens is 492 g/mol. The highest BCUT2D eigenvalue weighted by Gasteiger charge is 2.28. The Morgan fingerprint density at radius 2 is 1.94 bits per heavy atom. The van der Waals surface area contributed by atoms with Gasteiger partial charge in [0.25, 0.3) is 0 Å². The summed E-state index contributed by atoms with van der Waals surface area (Å²) in [5, 5.41) is 4.85. The van der Waals surface area contributed by atoms with E-state index in [1.165, 1.54) is 0 Å². The van der Waals surface area contributed by atoms with Crippen molar-refractivity contribution in [3.8, 4) is 28.4 Å². The van der Waals surface area contributed by atoms with Gasteiger partial charge in [-0.05, 0) is 67.1 Å². The zero-order chi connectivity index (χ0) is 23.7. The minimum Gasteiger partial charge on any atom is -0.489 e. The highest BCUT2D eigenvalue weighted by molar-refractivity contribution is 9.10. The van der Waals surface area contributed by atoms with E-state index >= 15 is 0 Å². The normalized spacial score (nSPS) is 13.6. The number of nitrogens with zero attached hydrogens (tertiary/aromatic N) is 2. The average Bonchev–Trinajstić information content (AvgIpc) is 3.40. The van der Waals surface area contributed by atoms with Gasteiger partial charge in [0.05, 0.1) is 11.3 Å². The molecule has 34 heavy (non-hydrogen) atoms. The molecule has 6 heteroatoms. The number of Topliss-reactive ketones (excluding diaryl/α,β-unsaturated/α-hetero) is 1. The number of para-hydroxylation sites is 1. The van der Waals surface area contributed by atoms with Crippen LogP contribution in [0.1, 0.15) is 21.5 Å². The van der Waals surface area contributed by atoms with Gasteiger partial charge >= 0.3 is 0 Å². The summed E-state index contributed by atoms with van der Waals surface area (Å²) in [4.78, 5) is 13.0. The Balaban J connectivity index is 1.59. The van der Waals surface area contributed by atoms with Crippen LogP contribution in [0, 0.1) is 6.92 Å². The molecule has 0 fully saturated rings. The van der Waals surface area contributed by atoms with Crippen LogP contribution in [0.15, 0.2) is 95.8 Å². The maximum atomic E-state index is 13.0. The molecule has 1 aliphatic rings. The Morgan fingerprint density at radius 3 is 2.71 bits per heavy atom. The molecule has 0 bridgehead atoms. The molecule has 5 rings (SSSR count). The van der Waals surface area contributed by atoms with E-state index in [1.54, 1.807) is 24.3 Å². The molecule has 168 valence electrons. The number of aryl methyl sites for hydroxylation is 1. The molecule has 0 aliphatic carbocycles. The van der Waals surface area contributed by atoms with Crippen LogP contribution in [0.5, 0.6) is 11.5 Å². The van der Waals surface area contributed by atoms with E-state index in [0.29, 0.717) is 17.9 Å². The van der Waals surface area contributed by atoms with Gasteiger partial charge in [0.1, 0.15) is 23.8 Å². The number of ketones is 1. The van der Waals surface area contributed by atoms with Crippen LogP contribution in [-0.4, -0.2) is 22.2 Å². The van der Waals surface area contributed by atoms with Crippen LogP contribution in [0.2, 0.25) is 0 Å². The molecule has 0 saturated heterocycles. The second-order valence-corrected chi connectivity index (χ2v) is 8.79. The molecule has 0 N–H and O–H groups in total. The number of hydrogen-bond donors (Lipinski definition) is 0. The first kappa shape index (κ1) is 21.9.